The Labute approximate surface area is 187 Å². The Balaban J connectivity index is 1.63. The Hall–Kier alpha value is -3.07. The summed E-state index contributed by atoms with van der Waals surface area (Å²) in [5.74, 6) is -0.651. The fourth-order valence-corrected chi connectivity index (χ4v) is 5.70. The molecule has 8 heteroatoms. The molecule has 2 aromatic heterocycles. The average Bonchev–Trinajstić information content (AvgIpc) is 3.46. The van der Waals surface area contributed by atoms with Gasteiger partial charge in [-0.2, -0.15) is 0 Å². The number of para-hydroxylation sites is 1. The van der Waals surface area contributed by atoms with Crippen molar-refractivity contribution in [1.82, 2.24) is 4.98 Å². The second-order valence-electron chi connectivity index (χ2n) is 7.19. The standard InChI is InChI=1S/C23H19FN4OS2/c1-27-18-8-7-14(24)11-16(18)23(29)28(15-5-3-2-4-6-15)22(27)20-10-9-19(31-20)17-13-30-21(12-25)26-17/h2-11,13,22H,12,25H2,1H3. The number of benzene rings is 2. The van der Waals surface area contributed by atoms with Gasteiger partial charge in [0, 0.05) is 29.5 Å². The number of hydrogen-bond donors (Lipinski definition) is 1. The van der Waals surface area contributed by atoms with E-state index in [1.807, 2.05) is 59.8 Å². The highest BCUT2D eigenvalue weighted by Gasteiger charge is 2.39. The van der Waals surface area contributed by atoms with E-state index < -0.39 is 5.82 Å². The van der Waals surface area contributed by atoms with Gasteiger partial charge in [-0.3, -0.25) is 9.69 Å². The van der Waals surface area contributed by atoms with Gasteiger partial charge in [0.2, 0.25) is 0 Å². The van der Waals surface area contributed by atoms with Crippen molar-refractivity contribution in [1.29, 1.82) is 0 Å². The first kappa shape index (κ1) is 19.9. The van der Waals surface area contributed by atoms with Crippen LogP contribution in [-0.4, -0.2) is 17.9 Å². The lowest BCUT2D eigenvalue weighted by molar-refractivity contribution is 0.0969. The third kappa shape index (κ3) is 3.42. The van der Waals surface area contributed by atoms with Gasteiger partial charge in [-0.25, -0.2) is 9.37 Å². The number of aromatic nitrogens is 1. The van der Waals surface area contributed by atoms with Crippen molar-refractivity contribution < 1.29 is 9.18 Å². The Morgan fingerprint density at radius 1 is 1.13 bits per heavy atom. The van der Waals surface area contributed by atoms with E-state index in [2.05, 4.69) is 4.98 Å². The van der Waals surface area contributed by atoms with Crippen LogP contribution in [0, 0.1) is 5.82 Å². The summed E-state index contributed by atoms with van der Waals surface area (Å²) in [4.78, 5) is 23.9. The lowest BCUT2D eigenvalue weighted by Crippen LogP contribution is -2.48. The Morgan fingerprint density at radius 2 is 1.94 bits per heavy atom. The maximum absolute atomic E-state index is 14.0. The van der Waals surface area contributed by atoms with Crippen LogP contribution in [-0.2, 0) is 6.54 Å². The maximum Gasteiger partial charge on any atom is 0.262 e. The molecule has 2 aromatic carbocycles. The molecule has 0 aliphatic carbocycles. The summed E-state index contributed by atoms with van der Waals surface area (Å²) >= 11 is 3.13. The minimum atomic E-state index is -0.426. The lowest BCUT2D eigenvalue weighted by atomic mass is 10.0. The molecule has 5 rings (SSSR count). The van der Waals surface area contributed by atoms with Crippen LogP contribution >= 0.6 is 22.7 Å². The van der Waals surface area contributed by atoms with Gasteiger partial charge in [-0.15, -0.1) is 22.7 Å². The highest BCUT2D eigenvalue weighted by atomic mass is 32.1. The van der Waals surface area contributed by atoms with E-state index in [9.17, 15) is 9.18 Å². The van der Waals surface area contributed by atoms with Crippen molar-refractivity contribution in [2.24, 2.45) is 5.73 Å². The van der Waals surface area contributed by atoms with Crippen molar-refractivity contribution in [3.63, 3.8) is 0 Å². The molecule has 2 N–H and O–H groups in total. The van der Waals surface area contributed by atoms with Gasteiger partial charge in [0.15, 0.2) is 0 Å². The number of carbonyl (C=O) groups is 1. The molecule has 0 radical (unpaired) electrons. The number of hydrogen-bond acceptors (Lipinski definition) is 6. The molecule has 1 aliphatic heterocycles. The first-order valence-electron chi connectivity index (χ1n) is 9.72. The fourth-order valence-electron chi connectivity index (χ4n) is 3.85. The molecule has 1 unspecified atom stereocenters. The molecule has 0 saturated carbocycles. The topological polar surface area (TPSA) is 62.5 Å². The number of amides is 1. The molecular formula is C23H19FN4OS2. The van der Waals surface area contributed by atoms with E-state index >= 15 is 0 Å². The van der Waals surface area contributed by atoms with Gasteiger partial charge in [-0.05, 0) is 42.5 Å². The van der Waals surface area contributed by atoms with E-state index in [1.165, 1.54) is 23.5 Å². The van der Waals surface area contributed by atoms with Gasteiger partial charge in [0.1, 0.15) is 17.0 Å². The van der Waals surface area contributed by atoms with Crippen LogP contribution in [0.2, 0.25) is 0 Å². The molecule has 5 nitrogen and oxygen atoms in total. The number of carbonyl (C=O) groups excluding carboxylic acids is 1. The van der Waals surface area contributed by atoms with Crippen LogP contribution in [0.25, 0.3) is 10.6 Å². The van der Waals surface area contributed by atoms with Crippen molar-refractivity contribution in [2.45, 2.75) is 12.7 Å². The highest BCUT2D eigenvalue weighted by Crippen LogP contribution is 2.43. The van der Waals surface area contributed by atoms with Gasteiger partial charge in [0.05, 0.1) is 21.8 Å². The summed E-state index contributed by atoms with van der Waals surface area (Å²) in [6.45, 7) is 0.415. The minimum Gasteiger partial charge on any atom is -0.349 e. The third-order valence-corrected chi connectivity index (χ3v) is 7.31. The zero-order chi connectivity index (χ0) is 21.5. The van der Waals surface area contributed by atoms with Crippen molar-refractivity contribution in [2.75, 3.05) is 16.8 Å². The number of halogens is 1. The second kappa shape index (κ2) is 7.88. The fraction of sp³-hybridized carbons (Fsp3) is 0.130. The molecule has 3 heterocycles. The zero-order valence-electron chi connectivity index (χ0n) is 16.7. The second-order valence-corrected chi connectivity index (χ2v) is 9.25. The number of nitrogens with zero attached hydrogens (tertiary/aromatic N) is 3. The van der Waals surface area contributed by atoms with Gasteiger partial charge in [-0.1, -0.05) is 18.2 Å². The molecule has 156 valence electrons. The van der Waals surface area contributed by atoms with Crippen LogP contribution in [0.1, 0.15) is 26.4 Å². The molecule has 0 spiro atoms. The van der Waals surface area contributed by atoms with Crippen molar-refractivity contribution in [3.05, 3.63) is 87.3 Å². The minimum absolute atomic E-state index is 0.224. The molecular weight excluding hydrogens is 431 g/mol. The summed E-state index contributed by atoms with van der Waals surface area (Å²) in [5, 5.41) is 2.89. The molecule has 1 atom stereocenters. The van der Waals surface area contributed by atoms with E-state index in [1.54, 1.807) is 22.3 Å². The number of anilines is 2. The molecule has 0 saturated heterocycles. The number of fused-ring (bicyclic) bond motifs is 1. The first-order valence-corrected chi connectivity index (χ1v) is 11.4. The average molecular weight is 451 g/mol. The third-order valence-electron chi connectivity index (χ3n) is 5.29. The predicted molar refractivity (Wildman–Crippen MR) is 124 cm³/mol. The molecule has 1 amide bonds. The number of rotatable bonds is 4. The molecule has 0 fully saturated rings. The number of thiophene rings is 1. The largest absolute Gasteiger partial charge is 0.349 e. The SMILES string of the molecule is CN1c2ccc(F)cc2C(=O)N(c2ccccc2)C1c1ccc(-c2csc(CN)n2)s1. The molecule has 1 aliphatic rings. The maximum atomic E-state index is 14.0. The van der Waals surface area contributed by atoms with Gasteiger partial charge < -0.3 is 10.6 Å². The summed E-state index contributed by atoms with van der Waals surface area (Å²) in [6, 6.07) is 17.9. The predicted octanol–water partition coefficient (Wildman–Crippen LogP) is 5.26. The molecule has 4 aromatic rings. The Kier molecular flexibility index (Phi) is 5.05. The van der Waals surface area contributed by atoms with E-state index in [0.717, 1.165) is 26.1 Å². The van der Waals surface area contributed by atoms with Crippen molar-refractivity contribution >= 4 is 40.0 Å². The number of thiazole rings is 1. The highest BCUT2D eigenvalue weighted by molar-refractivity contribution is 7.16. The van der Waals surface area contributed by atoms with Crippen LogP contribution in [0.5, 0.6) is 0 Å². The van der Waals surface area contributed by atoms with E-state index in [4.69, 9.17) is 5.73 Å². The molecule has 0 bridgehead atoms. The Bertz CT molecular complexity index is 1250. The van der Waals surface area contributed by atoms with Gasteiger partial charge in [0.25, 0.3) is 5.91 Å². The molecule has 31 heavy (non-hydrogen) atoms. The number of nitrogens with two attached hydrogens (primary N) is 1. The van der Waals surface area contributed by atoms with Crippen molar-refractivity contribution in [3.8, 4) is 10.6 Å². The summed E-state index contributed by atoms with van der Waals surface area (Å²) in [7, 11) is 1.93. The van der Waals surface area contributed by atoms with E-state index in [-0.39, 0.29) is 12.1 Å². The van der Waals surface area contributed by atoms with Crippen LogP contribution in [0.15, 0.2) is 66.0 Å². The lowest BCUT2D eigenvalue weighted by Gasteiger charge is -2.43. The monoisotopic (exact) mass is 450 g/mol. The summed E-state index contributed by atoms with van der Waals surface area (Å²) in [5.41, 5.74) is 8.42. The summed E-state index contributed by atoms with van der Waals surface area (Å²) < 4.78 is 14.0. The normalized spacial score (nSPS) is 16.0. The summed E-state index contributed by atoms with van der Waals surface area (Å²) in [6.07, 6.45) is -0.362. The smallest absolute Gasteiger partial charge is 0.262 e. The van der Waals surface area contributed by atoms with Crippen LogP contribution in [0.4, 0.5) is 15.8 Å². The Morgan fingerprint density at radius 3 is 2.68 bits per heavy atom. The van der Waals surface area contributed by atoms with Crippen LogP contribution < -0.4 is 15.5 Å². The van der Waals surface area contributed by atoms with Gasteiger partial charge >= 0.3 is 0 Å². The van der Waals surface area contributed by atoms with E-state index in [0.29, 0.717) is 17.8 Å². The zero-order valence-corrected chi connectivity index (χ0v) is 18.3. The first-order chi connectivity index (χ1) is 15.1. The quantitative estimate of drug-likeness (QED) is 0.460. The van der Waals surface area contributed by atoms with Crippen LogP contribution in [0.3, 0.4) is 0 Å².